The van der Waals surface area contributed by atoms with Gasteiger partial charge >= 0.3 is 0 Å². The van der Waals surface area contributed by atoms with Crippen LogP contribution in [0.15, 0.2) is 24.3 Å². The normalized spacial score (nSPS) is 23.9. The lowest BCUT2D eigenvalue weighted by Crippen LogP contribution is -2.50. The average Bonchev–Trinajstić information content (AvgIpc) is 3.18. The topological polar surface area (TPSA) is 70.7 Å². The van der Waals surface area contributed by atoms with Crippen molar-refractivity contribution in [2.24, 2.45) is 0 Å². The largest absolute Gasteiger partial charge is 0.383 e. The molecule has 150 valence electrons. The molecule has 2 saturated heterocycles. The Balaban J connectivity index is 0.00000261. The van der Waals surface area contributed by atoms with E-state index in [1.165, 1.54) is 12.1 Å². The highest BCUT2D eigenvalue weighted by atomic mass is 35.5. The van der Waals surface area contributed by atoms with E-state index in [1.54, 1.807) is 35.9 Å². The Morgan fingerprint density at radius 2 is 2.07 bits per heavy atom. The molecule has 2 N–H and O–H groups in total. The molecule has 9 heteroatoms. The first kappa shape index (κ1) is 21.9. The van der Waals surface area contributed by atoms with Crippen molar-refractivity contribution in [3.63, 3.8) is 0 Å². The Hall–Kier alpha value is -1.35. The number of benzene rings is 1. The molecule has 6 nitrogen and oxygen atoms in total. The van der Waals surface area contributed by atoms with E-state index in [-0.39, 0.29) is 30.0 Å². The highest BCUT2D eigenvalue weighted by Crippen LogP contribution is 2.54. The van der Waals surface area contributed by atoms with Gasteiger partial charge in [-0.3, -0.25) is 9.59 Å². The number of rotatable bonds is 8. The first-order chi connectivity index (χ1) is 12.6. The standard InChI is InChI=1S/C18H24FN3O3S.ClH/c1-25-11-10-20-8-9-21-17(24)15-12-26-18(7-6-16(23)22(15)18)13-2-4-14(19)5-3-13;/h2-5,15,20H,6-12H2,1H3,(H,21,24);1H. The van der Waals surface area contributed by atoms with Crippen molar-refractivity contribution < 1.29 is 18.7 Å². The van der Waals surface area contributed by atoms with Crippen molar-refractivity contribution in [2.75, 3.05) is 39.1 Å². The number of nitrogens with zero attached hydrogens (tertiary/aromatic N) is 1. The molecule has 0 saturated carbocycles. The summed E-state index contributed by atoms with van der Waals surface area (Å²) in [6.45, 7) is 2.49. The minimum Gasteiger partial charge on any atom is -0.383 e. The van der Waals surface area contributed by atoms with Crippen LogP contribution < -0.4 is 10.6 Å². The lowest BCUT2D eigenvalue weighted by atomic mass is 10.0. The molecule has 0 radical (unpaired) electrons. The number of carbonyl (C=O) groups excluding carboxylic acids is 2. The molecule has 2 amide bonds. The molecule has 0 spiro atoms. The molecule has 2 aliphatic rings. The van der Waals surface area contributed by atoms with Gasteiger partial charge in [-0.05, 0) is 24.1 Å². The van der Waals surface area contributed by atoms with Gasteiger partial charge in [0.15, 0.2) is 0 Å². The minimum atomic E-state index is -0.552. The SMILES string of the molecule is COCCNCCNC(=O)C1CSC2(c3ccc(F)cc3)CCC(=O)N12.Cl. The number of ether oxygens (including phenoxy) is 1. The van der Waals surface area contributed by atoms with Gasteiger partial charge in [-0.25, -0.2) is 4.39 Å². The molecule has 0 bridgehead atoms. The number of hydrogen-bond acceptors (Lipinski definition) is 5. The fourth-order valence-corrected chi connectivity index (χ4v) is 5.19. The maximum atomic E-state index is 13.3. The third-order valence-electron chi connectivity index (χ3n) is 4.81. The molecule has 1 aromatic carbocycles. The molecule has 0 aliphatic carbocycles. The van der Waals surface area contributed by atoms with Crippen molar-refractivity contribution in [1.82, 2.24) is 15.5 Å². The summed E-state index contributed by atoms with van der Waals surface area (Å²) >= 11 is 1.60. The average molecular weight is 418 g/mol. The number of methoxy groups -OCH3 is 1. The van der Waals surface area contributed by atoms with Crippen molar-refractivity contribution in [3.05, 3.63) is 35.6 Å². The van der Waals surface area contributed by atoms with E-state index >= 15 is 0 Å². The molecular formula is C18H25ClFN3O3S. The van der Waals surface area contributed by atoms with Crippen molar-refractivity contribution in [1.29, 1.82) is 0 Å². The van der Waals surface area contributed by atoms with Gasteiger partial charge < -0.3 is 20.3 Å². The van der Waals surface area contributed by atoms with Crippen molar-refractivity contribution >= 4 is 36.0 Å². The van der Waals surface area contributed by atoms with Crippen LogP contribution in [0.5, 0.6) is 0 Å². The first-order valence-electron chi connectivity index (χ1n) is 8.78. The van der Waals surface area contributed by atoms with E-state index in [0.717, 1.165) is 12.1 Å². The molecular weight excluding hydrogens is 393 g/mol. The summed E-state index contributed by atoms with van der Waals surface area (Å²) in [6, 6.07) is 5.76. The molecule has 27 heavy (non-hydrogen) atoms. The molecule has 2 fully saturated rings. The Bertz CT molecular complexity index is 664. The number of carbonyl (C=O) groups is 2. The second-order valence-electron chi connectivity index (χ2n) is 6.42. The lowest BCUT2D eigenvalue weighted by molar-refractivity contribution is -0.138. The van der Waals surface area contributed by atoms with Gasteiger partial charge in [-0.2, -0.15) is 0 Å². The zero-order valence-electron chi connectivity index (χ0n) is 15.2. The van der Waals surface area contributed by atoms with Crippen LogP contribution >= 0.6 is 24.2 Å². The van der Waals surface area contributed by atoms with Crippen molar-refractivity contribution in [3.8, 4) is 0 Å². The van der Waals surface area contributed by atoms with E-state index < -0.39 is 10.9 Å². The van der Waals surface area contributed by atoms with Crippen LogP contribution in [0.2, 0.25) is 0 Å². The van der Waals surface area contributed by atoms with Crippen LogP contribution in [0.3, 0.4) is 0 Å². The van der Waals surface area contributed by atoms with Crippen LogP contribution in [0.25, 0.3) is 0 Å². The van der Waals surface area contributed by atoms with Crippen LogP contribution in [0.4, 0.5) is 4.39 Å². The maximum Gasteiger partial charge on any atom is 0.243 e. The first-order valence-corrected chi connectivity index (χ1v) is 9.76. The zero-order valence-corrected chi connectivity index (χ0v) is 16.8. The van der Waals surface area contributed by atoms with E-state index in [9.17, 15) is 14.0 Å². The third kappa shape index (κ3) is 4.56. The number of fused-ring (bicyclic) bond motifs is 1. The van der Waals surface area contributed by atoms with Crippen LogP contribution in [0.1, 0.15) is 18.4 Å². The summed E-state index contributed by atoms with van der Waals surface area (Å²) in [5, 5.41) is 6.07. The lowest BCUT2D eigenvalue weighted by Gasteiger charge is -2.34. The van der Waals surface area contributed by atoms with Gasteiger partial charge in [0.25, 0.3) is 0 Å². The van der Waals surface area contributed by atoms with Crippen LogP contribution in [-0.2, 0) is 19.2 Å². The summed E-state index contributed by atoms with van der Waals surface area (Å²) in [5.41, 5.74) is 0.881. The number of halogens is 2. The van der Waals surface area contributed by atoms with E-state index in [4.69, 9.17) is 4.74 Å². The van der Waals surface area contributed by atoms with Crippen LogP contribution in [-0.4, -0.2) is 61.9 Å². The second kappa shape index (κ2) is 9.73. The second-order valence-corrected chi connectivity index (χ2v) is 7.71. The predicted molar refractivity (Wildman–Crippen MR) is 105 cm³/mol. The minimum absolute atomic E-state index is 0. The summed E-state index contributed by atoms with van der Waals surface area (Å²) in [4.78, 5) is 26.3. The Labute approximate surface area is 169 Å². The number of thioether (sulfide) groups is 1. The van der Waals surface area contributed by atoms with E-state index in [2.05, 4.69) is 10.6 Å². The van der Waals surface area contributed by atoms with Gasteiger partial charge in [0.2, 0.25) is 11.8 Å². The summed E-state index contributed by atoms with van der Waals surface area (Å²) in [5.74, 6) is 0.0914. The zero-order chi connectivity index (χ0) is 18.6. The summed E-state index contributed by atoms with van der Waals surface area (Å²) in [6.07, 6.45) is 1.05. The monoisotopic (exact) mass is 417 g/mol. The highest BCUT2D eigenvalue weighted by molar-refractivity contribution is 8.00. The molecule has 1 aromatic rings. The molecule has 0 aromatic heterocycles. The smallest absolute Gasteiger partial charge is 0.243 e. The van der Waals surface area contributed by atoms with Gasteiger partial charge in [-0.15, -0.1) is 24.2 Å². The molecule has 2 atom stereocenters. The molecule has 2 aliphatic heterocycles. The fraction of sp³-hybridized carbons (Fsp3) is 0.556. The summed E-state index contributed by atoms with van der Waals surface area (Å²) < 4.78 is 18.2. The Morgan fingerprint density at radius 3 is 2.78 bits per heavy atom. The van der Waals surface area contributed by atoms with Gasteiger partial charge in [0.05, 0.1) is 6.61 Å². The quantitative estimate of drug-likeness (QED) is 0.627. The molecule has 3 rings (SSSR count). The maximum absolute atomic E-state index is 13.3. The highest BCUT2D eigenvalue weighted by Gasteiger charge is 2.56. The van der Waals surface area contributed by atoms with Gasteiger partial charge in [0, 0.05) is 38.9 Å². The number of nitrogens with one attached hydrogen (secondary N) is 2. The van der Waals surface area contributed by atoms with Crippen molar-refractivity contribution in [2.45, 2.75) is 23.8 Å². The van der Waals surface area contributed by atoms with Crippen LogP contribution in [0, 0.1) is 5.82 Å². The Kier molecular flexibility index (Phi) is 7.91. The third-order valence-corrected chi connectivity index (χ3v) is 6.41. The van der Waals surface area contributed by atoms with Gasteiger partial charge in [0.1, 0.15) is 16.7 Å². The number of hydrogen-bond donors (Lipinski definition) is 2. The number of amides is 2. The summed E-state index contributed by atoms with van der Waals surface area (Å²) in [7, 11) is 1.64. The molecule has 2 heterocycles. The van der Waals surface area contributed by atoms with E-state index in [1.807, 2.05) is 0 Å². The fourth-order valence-electron chi connectivity index (χ4n) is 3.54. The molecule has 2 unspecified atom stereocenters. The Morgan fingerprint density at radius 1 is 1.33 bits per heavy atom. The predicted octanol–water partition coefficient (Wildman–Crippen LogP) is 1.49. The van der Waals surface area contributed by atoms with Gasteiger partial charge in [-0.1, -0.05) is 12.1 Å². The van der Waals surface area contributed by atoms with E-state index in [0.29, 0.717) is 38.3 Å².